The number of hydrogen-bond acceptors (Lipinski definition) is 2. The maximum absolute atomic E-state index is 10.1. The Morgan fingerprint density at radius 1 is 0.875 bits per heavy atom. The van der Waals surface area contributed by atoms with E-state index in [1.165, 1.54) is 44.9 Å². The summed E-state index contributed by atoms with van der Waals surface area (Å²) in [5.74, 6) is 0.813. The van der Waals surface area contributed by atoms with Crippen molar-refractivity contribution in [3.05, 3.63) is 0 Å². The summed E-state index contributed by atoms with van der Waals surface area (Å²) in [6, 6.07) is 1.14. The van der Waals surface area contributed by atoms with Gasteiger partial charge >= 0.3 is 0 Å². The molecule has 0 bridgehead atoms. The minimum absolute atomic E-state index is 0.0760. The number of nitrogens with zero attached hydrogens (tertiary/aromatic N) is 1. The maximum Gasteiger partial charge on any atom is 0.0695 e. The van der Waals surface area contributed by atoms with Gasteiger partial charge in [-0.25, -0.2) is 0 Å². The van der Waals surface area contributed by atoms with Gasteiger partial charge in [0.25, 0.3) is 0 Å². The molecule has 4 unspecified atom stereocenters. The first-order valence-electron chi connectivity index (χ1n) is 7.10. The molecule has 0 amide bonds. The molecule has 0 saturated heterocycles. The first-order chi connectivity index (χ1) is 7.70. The van der Waals surface area contributed by atoms with Crippen molar-refractivity contribution < 1.29 is 5.11 Å². The molecule has 94 valence electrons. The van der Waals surface area contributed by atoms with Crippen LogP contribution in [0.2, 0.25) is 0 Å². The molecule has 0 radical (unpaired) electrons. The summed E-state index contributed by atoms with van der Waals surface area (Å²) in [4.78, 5) is 2.51. The van der Waals surface area contributed by atoms with E-state index in [1.807, 2.05) is 0 Å². The van der Waals surface area contributed by atoms with Crippen molar-refractivity contribution in [1.29, 1.82) is 0 Å². The largest absolute Gasteiger partial charge is 0.391 e. The Morgan fingerprint density at radius 3 is 2.06 bits per heavy atom. The molecule has 2 rings (SSSR count). The zero-order valence-electron chi connectivity index (χ0n) is 10.9. The SMILES string of the molecule is CC1CCCCC1N(C)C1CCCCC1O. The van der Waals surface area contributed by atoms with Gasteiger partial charge in [0, 0.05) is 12.1 Å². The number of likely N-dealkylation sites (N-methyl/N-ethyl adjacent to an activating group) is 1. The quantitative estimate of drug-likeness (QED) is 0.781. The van der Waals surface area contributed by atoms with Crippen molar-refractivity contribution in [3.8, 4) is 0 Å². The Morgan fingerprint density at radius 2 is 1.44 bits per heavy atom. The lowest BCUT2D eigenvalue weighted by Gasteiger charge is -2.44. The summed E-state index contributed by atoms with van der Waals surface area (Å²) in [7, 11) is 2.24. The molecule has 1 N–H and O–H groups in total. The summed E-state index contributed by atoms with van der Waals surface area (Å²) in [6.45, 7) is 2.38. The second-order valence-electron chi connectivity index (χ2n) is 5.91. The van der Waals surface area contributed by atoms with Crippen LogP contribution in [-0.4, -0.2) is 35.2 Å². The van der Waals surface area contributed by atoms with Gasteiger partial charge in [-0.1, -0.05) is 32.6 Å². The minimum Gasteiger partial charge on any atom is -0.391 e. The minimum atomic E-state index is -0.0760. The van der Waals surface area contributed by atoms with Gasteiger partial charge in [0.2, 0.25) is 0 Å². The van der Waals surface area contributed by atoms with Crippen LogP contribution in [0, 0.1) is 5.92 Å². The average Bonchev–Trinajstić information content (AvgIpc) is 2.29. The average molecular weight is 225 g/mol. The monoisotopic (exact) mass is 225 g/mol. The molecule has 0 spiro atoms. The molecule has 0 aromatic heterocycles. The standard InChI is InChI=1S/C14H27NO/c1-11-7-3-4-8-12(11)15(2)13-9-5-6-10-14(13)16/h11-14,16H,3-10H2,1-2H3. The highest BCUT2D eigenvalue weighted by atomic mass is 16.3. The van der Waals surface area contributed by atoms with Gasteiger partial charge in [-0.05, 0) is 38.6 Å². The van der Waals surface area contributed by atoms with Crippen molar-refractivity contribution in [1.82, 2.24) is 4.90 Å². The third kappa shape index (κ3) is 2.60. The van der Waals surface area contributed by atoms with Gasteiger partial charge in [-0.2, -0.15) is 0 Å². The predicted molar refractivity (Wildman–Crippen MR) is 67.4 cm³/mol. The van der Waals surface area contributed by atoms with Crippen molar-refractivity contribution in [2.24, 2.45) is 5.92 Å². The van der Waals surface area contributed by atoms with E-state index >= 15 is 0 Å². The molecule has 0 aliphatic heterocycles. The lowest BCUT2D eigenvalue weighted by molar-refractivity contribution is -0.00738. The summed E-state index contributed by atoms with van der Waals surface area (Å²) in [5.41, 5.74) is 0. The van der Waals surface area contributed by atoms with E-state index in [9.17, 15) is 5.11 Å². The maximum atomic E-state index is 10.1. The van der Waals surface area contributed by atoms with Gasteiger partial charge in [-0.15, -0.1) is 0 Å². The molecule has 0 heterocycles. The van der Waals surface area contributed by atoms with Crippen molar-refractivity contribution in [2.75, 3.05) is 7.05 Å². The van der Waals surface area contributed by atoms with Crippen LogP contribution in [-0.2, 0) is 0 Å². The Bertz CT molecular complexity index is 197. The molecule has 4 atom stereocenters. The van der Waals surface area contributed by atoms with E-state index < -0.39 is 0 Å². The molecule has 0 aromatic carbocycles. The Hall–Kier alpha value is -0.0800. The van der Waals surface area contributed by atoms with Crippen molar-refractivity contribution in [2.45, 2.75) is 76.5 Å². The van der Waals surface area contributed by atoms with Gasteiger partial charge in [0.15, 0.2) is 0 Å². The van der Waals surface area contributed by atoms with E-state index in [-0.39, 0.29) is 6.10 Å². The Kier molecular flexibility index (Phi) is 4.26. The Balaban J connectivity index is 1.96. The zero-order valence-corrected chi connectivity index (χ0v) is 10.9. The van der Waals surface area contributed by atoms with E-state index in [4.69, 9.17) is 0 Å². The smallest absolute Gasteiger partial charge is 0.0695 e. The number of hydrogen-bond donors (Lipinski definition) is 1. The zero-order chi connectivity index (χ0) is 11.5. The predicted octanol–water partition coefficient (Wildman–Crippen LogP) is 2.80. The van der Waals surface area contributed by atoms with Crippen LogP contribution in [0.4, 0.5) is 0 Å². The molecule has 2 aliphatic carbocycles. The lowest BCUT2D eigenvalue weighted by Crippen LogP contribution is -2.51. The fourth-order valence-electron chi connectivity index (χ4n) is 3.71. The van der Waals surface area contributed by atoms with Crippen LogP contribution in [0.1, 0.15) is 58.3 Å². The fourth-order valence-corrected chi connectivity index (χ4v) is 3.71. The van der Waals surface area contributed by atoms with E-state index in [0.717, 1.165) is 12.3 Å². The topological polar surface area (TPSA) is 23.5 Å². The molecule has 0 aromatic rings. The number of aliphatic hydroxyl groups excluding tert-OH is 1. The van der Waals surface area contributed by atoms with E-state index in [2.05, 4.69) is 18.9 Å². The second kappa shape index (κ2) is 5.50. The molecule has 2 heteroatoms. The first-order valence-corrected chi connectivity index (χ1v) is 7.10. The van der Waals surface area contributed by atoms with Gasteiger partial charge in [0.05, 0.1) is 6.10 Å². The van der Waals surface area contributed by atoms with Gasteiger partial charge < -0.3 is 5.11 Å². The fraction of sp³-hybridized carbons (Fsp3) is 1.00. The van der Waals surface area contributed by atoms with Crippen LogP contribution < -0.4 is 0 Å². The highest BCUT2D eigenvalue weighted by Gasteiger charge is 2.33. The normalized spacial score (nSPS) is 41.2. The second-order valence-corrected chi connectivity index (χ2v) is 5.91. The van der Waals surface area contributed by atoms with Crippen LogP contribution in [0.15, 0.2) is 0 Å². The molecule has 2 aliphatic rings. The van der Waals surface area contributed by atoms with Gasteiger partial charge in [-0.3, -0.25) is 4.90 Å². The molecular weight excluding hydrogens is 198 g/mol. The highest BCUT2D eigenvalue weighted by Crippen LogP contribution is 2.32. The Labute approximate surface area is 100 Å². The van der Waals surface area contributed by atoms with Crippen LogP contribution in [0.25, 0.3) is 0 Å². The number of aliphatic hydroxyl groups is 1. The first kappa shape index (κ1) is 12.4. The number of rotatable bonds is 2. The molecule has 2 saturated carbocycles. The molecule has 2 fully saturated rings. The van der Waals surface area contributed by atoms with Crippen molar-refractivity contribution in [3.63, 3.8) is 0 Å². The lowest BCUT2D eigenvalue weighted by atomic mass is 9.82. The molecule has 16 heavy (non-hydrogen) atoms. The van der Waals surface area contributed by atoms with Gasteiger partial charge in [0.1, 0.15) is 0 Å². The van der Waals surface area contributed by atoms with Crippen LogP contribution >= 0.6 is 0 Å². The van der Waals surface area contributed by atoms with Crippen LogP contribution in [0.5, 0.6) is 0 Å². The summed E-state index contributed by atoms with van der Waals surface area (Å²) in [5, 5.41) is 10.1. The van der Waals surface area contributed by atoms with E-state index in [0.29, 0.717) is 12.1 Å². The third-order valence-electron chi connectivity index (χ3n) is 4.81. The van der Waals surface area contributed by atoms with Crippen LogP contribution in [0.3, 0.4) is 0 Å². The summed E-state index contributed by atoms with van der Waals surface area (Å²) < 4.78 is 0. The molecule has 2 nitrogen and oxygen atoms in total. The van der Waals surface area contributed by atoms with Crippen molar-refractivity contribution >= 4 is 0 Å². The summed E-state index contributed by atoms with van der Waals surface area (Å²) >= 11 is 0. The highest BCUT2D eigenvalue weighted by molar-refractivity contribution is 4.88. The summed E-state index contributed by atoms with van der Waals surface area (Å²) in [6.07, 6.45) is 10.1. The van der Waals surface area contributed by atoms with E-state index in [1.54, 1.807) is 0 Å². The third-order valence-corrected chi connectivity index (χ3v) is 4.81. The molecular formula is C14H27NO.